The van der Waals surface area contributed by atoms with Gasteiger partial charge in [-0.1, -0.05) is 12.1 Å². The maximum atomic E-state index is 10.5. The average Bonchev–Trinajstić information content (AvgIpc) is 2.19. The van der Waals surface area contributed by atoms with E-state index in [1.54, 1.807) is 24.3 Å². The van der Waals surface area contributed by atoms with Crippen molar-refractivity contribution in [2.75, 3.05) is 13.2 Å². The molecule has 0 spiro atoms. The molecule has 1 N–H and O–H groups in total. The molecule has 3 nitrogen and oxygen atoms in total. The number of aliphatic hydroxyl groups excluding tert-OH is 1. The summed E-state index contributed by atoms with van der Waals surface area (Å²) in [4.78, 5) is 0. The van der Waals surface area contributed by atoms with Crippen LogP contribution in [-0.2, 0) is 11.7 Å². The van der Waals surface area contributed by atoms with E-state index in [1.807, 2.05) is 0 Å². The summed E-state index contributed by atoms with van der Waals surface area (Å²) < 4.78 is 5.29. The molecule has 0 aliphatic rings. The molecule has 0 saturated carbocycles. The van der Waals surface area contributed by atoms with Crippen molar-refractivity contribution in [1.82, 2.24) is 0 Å². The lowest BCUT2D eigenvalue weighted by atomic mass is 10.2. The molecule has 3 heteroatoms. The molecule has 0 aliphatic carbocycles. The molecule has 0 aromatic heterocycles. The Hall–Kier alpha value is -1.06. The Morgan fingerprint density at radius 1 is 1.38 bits per heavy atom. The summed E-state index contributed by atoms with van der Waals surface area (Å²) in [6, 6.07) is 7.09. The monoisotopic (exact) mass is 181 g/mol. The molecular weight excluding hydrogens is 168 g/mol. The van der Waals surface area contributed by atoms with E-state index in [2.05, 4.69) is 0 Å². The second kappa shape index (κ2) is 5.56. The van der Waals surface area contributed by atoms with Crippen LogP contribution < -0.4 is 4.74 Å². The highest BCUT2D eigenvalue weighted by Crippen LogP contribution is 2.13. The Morgan fingerprint density at radius 2 is 2.23 bits per heavy atom. The van der Waals surface area contributed by atoms with Crippen LogP contribution in [0.15, 0.2) is 24.3 Å². The zero-order valence-corrected chi connectivity index (χ0v) is 7.40. The van der Waals surface area contributed by atoms with Crippen LogP contribution in [0, 0.1) is 0 Å². The van der Waals surface area contributed by atoms with Gasteiger partial charge < -0.3 is 9.84 Å². The second-order valence-electron chi connectivity index (χ2n) is 2.72. The standard InChI is InChI=1S/C10H13O3/c11-5-2-6-13-10-4-1-3-9(7-10)8-12/h1,3-4,7,11H,2,5-6,8H2. The fourth-order valence-electron chi connectivity index (χ4n) is 0.980. The third-order valence-electron chi connectivity index (χ3n) is 1.64. The topological polar surface area (TPSA) is 49.4 Å². The van der Waals surface area contributed by atoms with Crippen molar-refractivity contribution < 1.29 is 14.9 Å². The Balaban J connectivity index is 2.46. The fourth-order valence-corrected chi connectivity index (χ4v) is 0.980. The van der Waals surface area contributed by atoms with Gasteiger partial charge in [-0.05, 0) is 17.7 Å². The third kappa shape index (κ3) is 3.44. The lowest BCUT2D eigenvalue weighted by Crippen LogP contribution is -1.99. The molecular formula is C10H13O3. The van der Waals surface area contributed by atoms with Crippen LogP contribution in [-0.4, -0.2) is 18.3 Å². The van der Waals surface area contributed by atoms with E-state index in [9.17, 15) is 5.11 Å². The number of rotatable bonds is 5. The maximum Gasteiger partial charge on any atom is 0.119 e. The highest BCUT2D eigenvalue weighted by Gasteiger charge is 1.95. The van der Waals surface area contributed by atoms with Crippen molar-refractivity contribution in [3.05, 3.63) is 29.8 Å². The van der Waals surface area contributed by atoms with E-state index in [0.717, 1.165) is 5.56 Å². The molecule has 0 unspecified atom stereocenters. The van der Waals surface area contributed by atoms with E-state index < -0.39 is 0 Å². The number of benzene rings is 1. The molecule has 1 aromatic carbocycles. The van der Waals surface area contributed by atoms with Gasteiger partial charge in [0.15, 0.2) is 0 Å². The molecule has 0 fully saturated rings. The highest BCUT2D eigenvalue weighted by molar-refractivity contribution is 5.27. The van der Waals surface area contributed by atoms with Gasteiger partial charge in [-0.2, -0.15) is 0 Å². The second-order valence-corrected chi connectivity index (χ2v) is 2.72. The molecule has 71 valence electrons. The van der Waals surface area contributed by atoms with E-state index >= 15 is 0 Å². The van der Waals surface area contributed by atoms with Crippen LogP contribution in [0.2, 0.25) is 0 Å². The fraction of sp³-hybridized carbons (Fsp3) is 0.400. The van der Waals surface area contributed by atoms with Crippen LogP contribution in [0.3, 0.4) is 0 Å². The molecule has 1 rings (SSSR count). The van der Waals surface area contributed by atoms with Gasteiger partial charge in [-0.25, -0.2) is 5.11 Å². The Kier molecular flexibility index (Phi) is 4.29. The van der Waals surface area contributed by atoms with Crippen molar-refractivity contribution in [2.24, 2.45) is 0 Å². The van der Waals surface area contributed by atoms with Crippen LogP contribution in [0.25, 0.3) is 0 Å². The molecule has 0 amide bonds. The van der Waals surface area contributed by atoms with Crippen molar-refractivity contribution >= 4 is 0 Å². The number of hydrogen-bond acceptors (Lipinski definition) is 2. The molecule has 1 radical (unpaired) electrons. The van der Waals surface area contributed by atoms with Crippen LogP contribution in [0.4, 0.5) is 0 Å². The van der Waals surface area contributed by atoms with Crippen LogP contribution >= 0.6 is 0 Å². The minimum absolute atomic E-state index is 0.126. The molecule has 0 saturated heterocycles. The van der Waals surface area contributed by atoms with Gasteiger partial charge >= 0.3 is 0 Å². The molecule has 0 aliphatic heterocycles. The molecule has 0 bridgehead atoms. The molecule has 0 atom stereocenters. The molecule has 1 aromatic rings. The smallest absolute Gasteiger partial charge is 0.119 e. The first kappa shape index (κ1) is 10.0. The third-order valence-corrected chi connectivity index (χ3v) is 1.64. The predicted octanol–water partition coefficient (Wildman–Crippen LogP) is 1.38. The quantitative estimate of drug-likeness (QED) is 0.697. The van der Waals surface area contributed by atoms with Gasteiger partial charge in [0.05, 0.1) is 6.61 Å². The zero-order valence-electron chi connectivity index (χ0n) is 7.40. The Bertz CT molecular complexity index is 248. The summed E-state index contributed by atoms with van der Waals surface area (Å²) in [5.74, 6) is 0.696. The first-order valence-corrected chi connectivity index (χ1v) is 4.27. The van der Waals surface area contributed by atoms with Gasteiger partial charge in [-0.3, -0.25) is 0 Å². The number of hydrogen-bond donors (Lipinski definition) is 1. The average molecular weight is 181 g/mol. The van der Waals surface area contributed by atoms with Crippen LogP contribution in [0.1, 0.15) is 12.0 Å². The first-order chi connectivity index (χ1) is 6.36. The van der Waals surface area contributed by atoms with Crippen molar-refractivity contribution in [3.8, 4) is 5.75 Å². The highest BCUT2D eigenvalue weighted by atomic mass is 16.5. The van der Waals surface area contributed by atoms with Crippen molar-refractivity contribution in [3.63, 3.8) is 0 Å². The van der Waals surface area contributed by atoms with E-state index in [1.165, 1.54) is 0 Å². The van der Waals surface area contributed by atoms with Crippen LogP contribution in [0.5, 0.6) is 5.75 Å². The zero-order chi connectivity index (χ0) is 9.52. The maximum absolute atomic E-state index is 10.5. The van der Waals surface area contributed by atoms with E-state index in [4.69, 9.17) is 9.84 Å². The van der Waals surface area contributed by atoms with Gasteiger partial charge in [0.2, 0.25) is 0 Å². The molecule has 13 heavy (non-hydrogen) atoms. The summed E-state index contributed by atoms with van der Waals surface area (Å²) in [5, 5.41) is 19.0. The first-order valence-electron chi connectivity index (χ1n) is 4.27. The predicted molar refractivity (Wildman–Crippen MR) is 48.0 cm³/mol. The van der Waals surface area contributed by atoms with E-state index in [-0.39, 0.29) is 13.2 Å². The summed E-state index contributed by atoms with van der Waals surface area (Å²) >= 11 is 0. The Labute approximate surface area is 77.6 Å². The summed E-state index contributed by atoms with van der Waals surface area (Å²) in [7, 11) is 0. The minimum Gasteiger partial charge on any atom is -0.493 e. The van der Waals surface area contributed by atoms with Gasteiger partial charge in [0, 0.05) is 13.0 Å². The normalized spacial score (nSPS) is 10.0. The Morgan fingerprint density at radius 3 is 2.92 bits per heavy atom. The van der Waals surface area contributed by atoms with Crippen molar-refractivity contribution in [1.29, 1.82) is 0 Å². The summed E-state index contributed by atoms with van der Waals surface area (Å²) in [5.41, 5.74) is 0.724. The summed E-state index contributed by atoms with van der Waals surface area (Å²) in [6.45, 7) is 0.386. The lowest BCUT2D eigenvalue weighted by Gasteiger charge is -2.05. The SMILES string of the molecule is [O]Cc1cccc(OCCCO)c1. The molecule has 0 heterocycles. The van der Waals surface area contributed by atoms with Gasteiger partial charge in [0.25, 0.3) is 0 Å². The summed E-state index contributed by atoms with van der Waals surface area (Å²) in [6.07, 6.45) is 0.613. The van der Waals surface area contributed by atoms with Crippen molar-refractivity contribution in [2.45, 2.75) is 13.0 Å². The number of aliphatic hydroxyl groups is 1. The largest absolute Gasteiger partial charge is 0.493 e. The van der Waals surface area contributed by atoms with E-state index in [0.29, 0.717) is 18.8 Å². The minimum atomic E-state index is -0.225. The van der Waals surface area contributed by atoms with Gasteiger partial charge in [-0.15, -0.1) is 0 Å². The number of ether oxygens (including phenoxy) is 1. The lowest BCUT2D eigenvalue weighted by molar-refractivity contribution is 0.177. The van der Waals surface area contributed by atoms with Gasteiger partial charge in [0.1, 0.15) is 12.4 Å².